The van der Waals surface area contributed by atoms with Crippen molar-refractivity contribution in [3.8, 4) is 0 Å². The molecule has 1 unspecified atom stereocenters. The first-order chi connectivity index (χ1) is 14.7. The number of Topliss-reactive ketones (excluding diaryl/α,β-unsaturated/α-hetero) is 1. The SMILES string of the molecule is Cc1ccc(S(=O)C[C@@H](CC(=O)c2ccccc2)NS(=O)(=O)c2ccc(C)cc2)cc1. The van der Waals surface area contributed by atoms with Crippen LogP contribution in [0.5, 0.6) is 0 Å². The van der Waals surface area contributed by atoms with Gasteiger partial charge >= 0.3 is 0 Å². The lowest BCUT2D eigenvalue weighted by Gasteiger charge is -2.18. The molecule has 2 atom stereocenters. The zero-order valence-corrected chi connectivity index (χ0v) is 19.1. The number of aryl methyl sites for hydroxylation is 2. The molecule has 0 aromatic heterocycles. The molecular formula is C24H25NO4S2. The monoisotopic (exact) mass is 455 g/mol. The lowest BCUT2D eigenvalue weighted by Crippen LogP contribution is -2.40. The number of sulfonamides is 1. The molecular weight excluding hydrogens is 430 g/mol. The van der Waals surface area contributed by atoms with Gasteiger partial charge in [-0.1, -0.05) is 65.7 Å². The van der Waals surface area contributed by atoms with Crippen LogP contribution in [0.3, 0.4) is 0 Å². The summed E-state index contributed by atoms with van der Waals surface area (Å²) in [5.41, 5.74) is 2.47. The maximum atomic E-state index is 12.9. The highest BCUT2D eigenvalue weighted by molar-refractivity contribution is 7.89. The van der Waals surface area contributed by atoms with Crippen LogP contribution in [-0.4, -0.2) is 30.2 Å². The number of hydrogen-bond donors (Lipinski definition) is 1. The molecule has 0 fully saturated rings. The van der Waals surface area contributed by atoms with Crippen LogP contribution in [-0.2, 0) is 20.8 Å². The van der Waals surface area contributed by atoms with E-state index in [-0.39, 0.29) is 22.9 Å². The molecule has 1 N–H and O–H groups in total. The zero-order chi connectivity index (χ0) is 22.4. The molecule has 5 nitrogen and oxygen atoms in total. The quantitative estimate of drug-likeness (QED) is 0.494. The molecule has 3 aromatic carbocycles. The Morgan fingerprint density at radius 1 is 0.871 bits per heavy atom. The van der Waals surface area contributed by atoms with Gasteiger partial charge in [-0.05, 0) is 38.1 Å². The van der Waals surface area contributed by atoms with Gasteiger partial charge in [0.2, 0.25) is 10.0 Å². The number of benzene rings is 3. The van der Waals surface area contributed by atoms with E-state index >= 15 is 0 Å². The van der Waals surface area contributed by atoms with Crippen LogP contribution >= 0.6 is 0 Å². The van der Waals surface area contributed by atoms with E-state index < -0.39 is 26.9 Å². The van der Waals surface area contributed by atoms with Crippen molar-refractivity contribution in [1.82, 2.24) is 4.72 Å². The molecule has 0 radical (unpaired) electrons. The molecule has 7 heteroatoms. The van der Waals surface area contributed by atoms with E-state index in [0.29, 0.717) is 10.5 Å². The van der Waals surface area contributed by atoms with Gasteiger partial charge in [0.25, 0.3) is 0 Å². The van der Waals surface area contributed by atoms with Crippen molar-refractivity contribution in [1.29, 1.82) is 0 Å². The van der Waals surface area contributed by atoms with E-state index in [4.69, 9.17) is 0 Å². The first kappa shape index (κ1) is 23.1. The molecule has 31 heavy (non-hydrogen) atoms. The van der Waals surface area contributed by atoms with E-state index in [9.17, 15) is 17.4 Å². The topological polar surface area (TPSA) is 80.3 Å². The minimum atomic E-state index is -3.88. The van der Waals surface area contributed by atoms with E-state index in [2.05, 4.69) is 4.72 Å². The van der Waals surface area contributed by atoms with E-state index in [1.807, 2.05) is 26.0 Å². The number of carbonyl (C=O) groups excluding carboxylic acids is 1. The van der Waals surface area contributed by atoms with Crippen LogP contribution in [0.4, 0.5) is 0 Å². The molecule has 0 saturated carbocycles. The number of rotatable bonds is 9. The summed E-state index contributed by atoms with van der Waals surface area (Å²) in [7, 11) is -5.34. The predicted molar refractivity (Wildman–Crippen MR) is 123 cm³/mol. The zero-order valence-electron chi connectivity index (χ0n) is 17.4. The smallest absolute Gasteiger partial charge is 0.240 e. The molecule has 162 valence electrons. The van der Waals surface area contributed by atoms with Crippen molar-refractivity contribution in [2.45, 2.75) is 36.1 Å². The fraction of sp³-hybridized carbons (Fsp3) is 0.208. The Labute approximate surface area is 186 Å². The lowest BCUT2D eigenvalue weighted by atomic mass is 10.1. The Kier molecular flexibility index (Phi) is 7.54. The molecule has 0 heterocycles. The van der Waals surface area contributed by atoms with E-state index in [1.54, 1.807) is 54.6 Å². The van der Waals surface area contributed by atoms with Crippen LogP contribution in [0.15, 0.2) is 88.7 Å². The second-order valence-corrected chi connectivity index (χ2v) is 10.7. The lowest BCUT2D eigenvalue weighted by molar-refractivity contribution is 0.0975. The third-order valence-corrected chi connectivity index (χ3v) is 7.86. The summed E-state index contributed by atoms with van der Waals surface area (Å²) >= 11 is 0. The van der Waals surface area contributed by atoms with Crippen molar-refractivity contribution in [3.63, 3.8) is 0 Å². The van der Waals surface area contributed by atoms with E-state index in [0.717, 1.165) is 11.1 Å². The summed E-state index contributed by atoms with van der Waals surface area (Å²) in [5, 5.41) is 0. The van der Waals surface area contributed by atoms with Crippen molar-refractivity contribution in [2.75, 3.05) is 5.75 Å². The number of carbonyl (C=O) groups is 1. The third-order valence-electron chi connectivity index (χ3n) is 4.82. The Morgan fingerprint density at radius 3 is 2.00 bits per heavy atom. The normalized spacial score (nSPS) is 13.5. The van der Waals surface area contributed by atoms with Gasteiger partial charge in [-0.15, -0.1) is 0 Å². The molecule has 0 spiro atoms. The first-order valence-corrected chi connectivity index (χ1v) is 12.7. The maximum Gasteiger partial charge on any atom is 0.240 e. The summed E-state index contributed by atoms with van der Waals surface area (Å²) in [6, 6.07) is 21.6. The fourth-order valence-corrected chi connectivity index (χ4v) is 5.61. The Balaban J connectivity index is 1.84. The summed E-state index contributed by atoms with van der Waals surface area (Å²) in [6.45, 7) is 3.81. The van der Waals surface area contributed by atoms with Crippen LogP contribution in [0.1, 0.15) is 27.9 Å². The second kappa shape index (κ2) is 10.1. The molecule has 0 saturated heterocycles. The summed E-state index contributed by atoms with van der Waals surface area (Å²) < 4.78 is 41.3. The van der Waals surface area contributed by atoms with Crippen molar-refractivity contribution < 1.29 is 17.4 Å². The average Bonchev–Trinajstić information content (AvgIpc) is 2.74. The van der Waals surface area contributed by atoms with Gasteiger partial charge in [0, 0.05) is 28.7 Å². The van der Waals surface area contributed by atoms with Crippen LogP contribution in [0.25, 0.3) is 0 Å². The summed E-state index contributed by atoms with van der Waals surface area (Å²) in [6.07, 6.45) is -0.0906. The molecule has 0 amide bonds. The minimum absolute atomic E-state index is 0.00722. The Bertz CT molecular complexity index is 1160. The predicted octanol–water partition coefficient (Wildman–Crippen LogP) is 4.03. The van der Waals surface area contributed by atoms with Gasteiger partial charge < -0.3 is 0 Å². The highest BCUT2D eigenvalue weighted by atomic mass is 32.2. The second-order valence-electron chi connectivity index (χ2n) is 7.45. The standard InChI is InChI=1S/C24H25NO4S2/c1-18-8-12-22(13-9-18)30(27)17-21(16-24(26)20-6-4-3-5-7-20)25-31(28,29)23-14-10-19(2)11-15-23/h3-15,21,25H,16-17H2,1-2H3/t21-,30?/m1/s1. The Morgan fingerprint density at radius 2 is 1.42 bits per heavy atom. The van der Waals surface area contributed by atoms with Gasteiger partial charge in [-0.2, -0.15) is 0 Å². The number of hydrogen-bond acceptors (Lipinski definition) is 4. The van der Waals surface area contributed by atoms with Crippen molar-refractivity contribution in [3.05, 3.63) is 95.6 Å². The summed E-state index contributed by atoms with van der Waals surface area (Å²) in [4.78, 5) is 13.5. The molecule has 3 aromatic rings. The third kappa shape index (κ3) is 6.43. The molecule has 0 aliphatic rings. The van der Waals surface area contributed by atoms with Gasteiger partial charge in [0.15, 0.2) is 5.78 Å². The number of nitrogens with one attached hydrogen (secondary N) is 1. The fourth-order valence-electron chi connectivity index (χ4n) is 3.07. The highest BCUT2D eigenvalue weighted by Crippen LogP contribution is 2.16. The maximum absolute atomic E-state index is 12.9. The van der Waals surface area contributed by atoms with Crippen LogP contribution < -0.4 is 4.72 Å². The van der Waals surface area contributed by atoms with Crippen molar-refractivity contribution >= 4 is 26.6 Å². The molecule has 3 rings (SSSR count). The van der Waals surface area contributed by atoms with Gasteiger partial charge in [0.1, 0.15) is 0 Å². The molecule has 0 bridgehead atoms. The molecule has 0 aliphatic carbocycles. The average molecular weight is 456 g/mol. The Hall–Kier alpha value is -2.61. The van der Waals surface area contributed by atoms with E-state index in [1.165, 1.54) is 12.1 Å². The van der Waals surface area contributed by atoms with Crippen LogP contribution in [0.2, 0.25) is 0 Å². The number of ketones is 1. The molecule has 0 aliphatic heterocycles. The minimum Gasteiger partial charge on any atom is -0.294 e. The van der Waals surface area contributed by atoms with Crippen LogP contribution in [0, 0.1) is 13.8 Å². The van der Waals surface area contributed by atoms with Crippen molar-refractivity contribution in [2.24, 2.45) is 0 Å². The van der Waals surface area contributed by atoms with Gasteiger partial charge in [-0.25, -0.2) is 13.1 Å². The largest absolute Gasteiger partial charge is 0.294 e. The van der Waals surface area contributed by atoms with Gasteiger partial charge in [0.05, 0.1) is 15.7 Å². The summed E-state index contributed by atoms with van der Waals surface area (Å²) in [5.74, 6) is -0.217. The highest BCUT2D eigenvalue weighted by Gasteiger charge is 2.25. The van der Waals surface area contributed by atoms with Gasteiger partial charge in [-0.3, -0.25) is 9.00 Å². The first-order valence-electron chi connectivity index (χ1n) is 9.87.